The number of nitrogens with one attached hydrogen (secondary N) is 1. The van der Waals surface area contributed by atoms with E-state index in [0.717, 1.165) is 18.4 Å². The molecular weight excluding hydrogens is 234 g/mol. The zero-order chi connectivity index (χ0) is 12.8. The number of hydrogen-bond acceptors (Lipinski definition) is 3. The summed E-state index contributed by atoms with van der Waals surface area (Å²) in [4.78, 5) is 11.8. The van der Waals surface area contributed by atoms with Gasteiger partial charge in [0, 0.05) is 11.9 Å². The minimum absolute atomic E-state index is 0.0891. The van der Waals surface area contributed by atoms with Crippen LogP contribution >= 0.6 is 11.3 Å². The lowest BCUT2D eigenvalue weighted by Crippen LogP contribution is -2.36. The first kappa shape index (κ1) is 14.2. The average Bonchev–Trinajstić information content (AvgIpc) is 2.74. The van der Waals surface area contributed by atoms with E-state index < -0.39 is 6.10 Å². The van der Waals surface area contributed by atoms with Crippen molar-refractivity contribution in [2.45, 2.75) is 39.7 Å². The van der Waals surface area contributed by atoms with E-state index in [9.17, 15) is 9.90 Å². The molecule has 0 aliphatic heterocycles. The Bertz CT molecular complexity index is 358. The van der Waals surface area contributed by atoms with Gasteiger partial charge < -0.3 is 10.4 Å². The molecule has 0 saturated carbocycles. The molecule has 1 aromatic rings. The van der Waals surface area contributed by atoms with E-state index >= 15 is 0 Å². The normalized spacial score (nSPS) is 12.8. The highest BCUT2D eigenvalue weighted by Gasteiger charge is 2.17. The molecular formula is C13H21NO2S. The molecule has 1 unspecified atom stereocenters. The fourth-order valence-corrected chi connectivity index (χ4v) is 2.71. The summed E-state index contributed by atoms with van der Waals surface area (Å²) in [6.07, 6.45) is 1.42. The first-order valence-corrected chi connectivity index (χ1v) is 7.03. The molecule has 3 nitrogen and oxygen atoms in total. The van der Waals surface area contributed by atoms with E-state index in [-0.39, 0.29) is 11.8 Å². The number of aryl methyl sites for hydroxylation is 1. The van der Waals surface area contributed by atoms with E-state index in [1.54, 1.807) is 0 Å². The fraction of sp³-hybridized carbons (Fsp3) is 0.615. The number of carbonyl (C=O) groups excluding carboxylic acids is 1. The molecule has 1 heterocycles. The Morgan fingerprint density at radius 1 is 1.41 bits per heavy atom. The van der Waals surface area contributed by atoms with Gasteiger partial charge >= 0.3 is 0 Å². The molecule has 0 saturated heterocycles. The van der Waals surface area contributed by atoms with Crippen molar-refractivity contribution >= 4 is 17.2 Å². The number of hydrogen-bond donors (Lipinski definition) is 2. The highest BCUT2D eigenvalue weighted by atomic mass is 32.1. The monoisotopic (exact) mass is 255 g/mol. The summed E-state index contributed by atoms with van der Waals surface area (Å²) in [6.45, 7) is 6.37. The van der Waals surface area contributed by atoms with Crippen molar-refractivity contribution in [3.63, 3.8) is 0 Å². The lowest BCUT2D eigenvalue weighted by atomic mass is 9.96. The molecule has 0 aromatic carbocycles. The summed E-state index contributed by atoms with van der Waals surface area (Å²) >= 11 is 1.52. The third-order valence-corrected chi connectivity index (χ3v) is 4.03. The van der Waals surface area contributed by atoms with E-state index in [2.05, 4.69) is 19.2 Å². The van der Waals surface area contributed by atoms with Gasteiger partial charge in [0.15, 0.2) is 0 Å². The van der Waals surface area contributed by atoms with Crippen LogP contribution in [0.2, 0.25) is 0 Å². The van der Waals surface area contributed by atoms with Gasteiger partial charge in [-0.25, -0.2) is 0 Å². The quantitative estimate of drug-likeness (QED) is 0.821. The van der Waals surface area contributed by atoms with Crippen molar-refractivity contribution in [1.29, 1.82) is 0 Å². The average molecular weight is 255 g/mol. The Kier molecular flexibility index (Phi) is 5.65. The van der Waals surface area contributed by atoms with Crippen LogP contribution in [0, 0.1) is 12.8 Å². The summed E-state index contributed by atoms with van der Waals surface area (Å²) in [5.74, 6) is 0.174. The molecule has 0 aliphatic carbocycles. The van der Waals surface area contributed by atoms with Crippen LogP contribution in [-0.4, -0.2) is 23.7 Å². The van der Waals surface area contributed by atoms with Gasteiger partial charge in [-0.3, -0.25) is 4.79 Å². The second kappa shape index (κ2) is 6.77. The number of rotatable bonds is 6. The number of aliphatic hydroxyl groups is 1. The third-order valence-electron chi connectivity index (χ3n) is 3.16. The molecule has 0 bridgehead atoms. The molecule has 96 valence electrons. The maximum absolute atomic E-state index is 11.8. The predicted octanol–water partition coefficient (Wildman–Crippen LogP) is 2.58. The molecule has 1 amide bonds. The van der Waals surface area contributed by atoms with Gasteiger partial charge in [-0.05, 0) is 23.8 Å². The molecule has 1 atom stereocenters. The van der Waals surface area contributed by atoms with Crippen LogP contribution in [0.4, 0.5) is 0 Å². The SMILES string of the molecule is CCC(CC)C(O)CNC(=O)c1cscc1C. The predicted molar refractivity (Wildman–Crippen MR) is 71.5 cm³/mol. The van der Waals surface area contributed by atoms with Gasteiger partial charge in [-0.1, -0.05) is 26.7 Å². The lowest BCUT2D eigenvalue weighted by molar-refractivity contribution is 0.0816. The molecule has 0 fully saturated rings. The van der Waals surface area contributed by atoms with Crippen LogP contribution < -0.4 is 5.32 Å². The lowest BCUT2D eigenvalue weighted by Gasteiger charge is -2.20. The number of aliphatic hydroxyl groups excluding tert-OH is 1. The molecule has 17 heavy (non-hydrogen) atoms. The van der Waals surface area contributed by atoms with Gasteiger partial charge in [0.25, 0.3) is 5.91 Å². The summed E-state index contributed by atoms with van der Waals surface area (Å²) in [5.41, 5.74) is 1.70. The van der Waals surface area contributed by atoms with Gasteiger partial charge in [-0.2, -0.15) is 11.3 Å². The molecule has 4 heteroatoms. The number of carbonyl (C=O) groups is 1. The summed E-state index contributed by atoms with van der Waals surface area (Å²) in [7, 11) is 0. The van der Waals surface area contributed by atoms with Gasteiger partial charge in [0.1, 0.15) is 0 Å². The van der Waals surface area contributed by atoms with Gasteiger partial charge in [0.05, 0.1) is 11.7 Å². The first-order chi connectivity index (χ1) is 8.10. The first-order valence-electron chi connectivity index (χ1n) is 6.09. The van der Waals surface area contributed by atoms with Crippen LogP contribution in [0.5, 0.6) is 0 Å². The molecule has 0 radical (unpaired) electrons. The number of amides is 1. The fourth-order valence-electron chi connectivity index (χ4n) is 1.89. The van der Waals surface area contributed by atoms with Gasteiger partial charge in [-0.15, -0.1) is 0 Å². The molecule has 1 rings (SSSR count). The zero-order valence-electron chi connectivity index (χ0n) is 10.7. The van der Waals surface area contributed by atoms with Crippen molar-refractivity contribution in [3.05, 3.63) is 21.9 Å². The van der Waals surface area contributed by atoms with E-state index in [4.69, 9.17) is 0 Å². The summed E-state index contributed by atoms with van der Waals surface area (Å²) in [5, 5.41) is 16.5. The minimum Gasteiger partial charge on any atom is -0.391 e. The second-order valence-corrected chi connectivity index (χ2v) is 5.07. The van der Waals surface area contributed by atoms with Crippen LogP contribution in [0.3, 0.4) is 0 Å². The molecule has 0 spiro atoms. The van der Waals surface area contributed by atoms with Crippen molar-refractivity contribution < 1.29 is 9.90 Å². The van der Waals surface area contributed by atoms with E-state index in [1.807, 2.05) is 17.7 Å². The maximum atomic E-state index is 11.8. The van der Waals surface area contributed by atoms with E-state index in [1.165, 1.54) is 11.3 Å². The smallest absolute Gasteiger partial charge is 0.252 e. The van der Waals surface area contributed by atoms with Crippen LogP contribution in [0.25, 0.3) is 0 Å². The van der Waals surface area contributed by atoms with Crippen molar-refractivity contribution in [1.82, 2.24) is 5.32 Å². The topological polar surface area (TPSA) is 49.3 Å². The van der Waals surface area contributed by atoms with Crippen molar-refractivity contribution in [3.8, 4) is 0 Å². The van der Waals surface area contributed by atoms with Crippen LogP contribution in [-0.2, 0) is 0 Å². The summed E-state index contributed by atoms with van der Waals surface area (Å²) in [6, 6.07) is 0. The minimum atomic E-state index is -0.451. The molecule has 2 N–H and O–H groups in total. The largest absolute Gasteiger partial charge is 0.391 e. The Labute approximate surface area is 107 Å². The van der Waals surface area contributed by atoms with Crippen molar-refractivity contribution in [2.75, 3.05) is 6.54 Å². The Morgan fingerprint density at radius 3 is 2.53 bits per heavy atom. The second-order valence-electron chi connectivity index (χ2n) is 4.32. The molecule has 1 aromatic heterocycles. The zero-order valence-corrected chi connectivity index (χ0v) is 11.5. The third kappa shape index (κ3) is 3.82. The van der Waals surface area contributed by atoms with E-state index in [0.29, 0.717) is 12.1 Å². The highest BCUT2D eigenvalue weighted by Crippen LogP contribution is 2.15. The summed E-state index contributed by atoms with van der Waals surface area (Å²) < 4.78 is 0. The maximum Gasteiger partial charge on any atom is 0.252 e. The Balaban J connectivity index is 2.46. The molecule has 0 aliphatic rings. The van der Waals surface area contributed by atoms with Crippen molar-refractivity contribution in [2.24, 2.45) is 5.92 Å². The van der Waals surface area contributed by atoms with Gasteiger partial charge in [0.2, 0.25) is 0 Å². The Hall–Kier alpha value is -0.870. The standard InChI is InChI=1S/C13H21NO2S/c1-4-10(5-2)12(15)6-14-13(16)11-8-17-7-9(11)3/h7-8,10,12,15H,4-6H2,1-3H3,(H,14,16). The van der Waals surface area contributed by atoms with Crippen LogP contribution in [0.15, 0.2) is 10.8 Å². The Morgan fingerprint density at radius 2 is 2.06 bits per heavy atom. The number of thiophene rings is 1. The van der Waals surface area contributed by atoms with Crippen LogP contribution in [0.1, 0.15) is 42.6 Å². The highest BCUT2D eigenvalue weighted by molar-refractivity contribution is 7.08.